The minimum absolute atomic E-state index is 0.374. The van der Waals surface area contributed by atoms with Gasteiger partial charge in [0.15, 0.2) is 0 Å². The molecule has 0 saturated heterocycles. The highest BCUT2D eigenvalue weighted by atomic mass is 19.1. The molecule has 0 saturated carbocycles. The summed E-state index contributed by atoms with van der Waals surface area (Å²) < 4.78 is 19.1. The van der Waals surface area contributed by atoms with Crippen LogP contribution < -0.4 is 4.74 Å². The van der Waals surface area contributed by atoms with E-state index in [0.29, 0.717) is 17.9 Å². The van der Waals surface area contributed by atoms with Crippen LogP contribution in [0.4, 0.5) is 4.39 Å². The van der Waals surface area contributed by atoms with Gasteiger partial charge >= 0.3 is 0 Å². The second kappa shape index (κ2) is 6.27. The van der Waals surface area contributed by atoms with Crippen LogP contribution in [0.25, 0.3) is 0 Å². The van der Waals surface area contributed by atoms with Crippen LogP contribution >= 0.6 is 0 Å². The number of benzene rings is 2. The van der Waals surface area contributed by atoms with Gasteiger partial charge < -0.3 is 9.84 Å². The Hall–Kier alpha value is -1.87. The first-order valence-corrected chi connectivity index (χ1v) is 7.05. The maximum Gasteiger partial charge on any atom is 0.125 e. The van der Waals surface area contributed by atoms with Crippen molar-refractivity contribution < 1.29 is 14.2 Å². The van der Waals surface area contributed by atoms with E-state index in [0.717, 1.165) is 5.56 Å². The Morgan fingerprint density at radius 1 is 1.10 bits per heavy atom. The molecule has 2 aromatic rings. The van der Waals surface area contributed by atoms with Crippen molar-refractivity contribution in [3.05, 3.63) is 64.0 Å². The van der Waals surface area contributed by atoms with Gasteiger partial charge in [0.05, 0.1) is 6.10 Å². The number of aliphatic hydroxyl groups excluding tert-OH is 1. The fraction of sp³-hybridized carbons (Fsp3) is 0.333. The number of aliphatic hydroxyl groups is 1. The molecule has 0 fully saturated rings. The summed E-state index contributed by atoms with van der Waals surface area (Å²) in [6, 6.07) is 8.46. The smallest absolute Gasteiger partial charge is 0.125 e. The maximum absolute atomic E-state index is 13.3. The van der Waals surface area contributed by atoms with E-state index in [-0.39, 0.29) is 5.82 Å². The minimum atomic E-state index is -0.768. The standard InChI is InChI=1S/C18H21FO2/c1-11-7-12(2)17(13(3)8-11)10-21-18-6-5-15(19)9-16(18)14(4)20/h5-9,14,20H,10H2,1-4H3. The Bertz CT molecular complexity index is 625. The Labute approximate surface area is 125 Å². The van der Waals surface area contributed by atoms with E-state index in [9.17, 15) is 9.50 Å². The minimum Gasteiger partial charge on any atom is -0.488 e. The number of hydrogen-bond donors (Lipinski definition) is 1. The molecule has 1 N–H and O–H groups in total. The van der Waals surface area contributed by atoms with Crippen LogP contribution in [-0.4, -0.2) is 5.11 Å². The molecule has 0 aliphatic carbocycles. The molecule has 0 bridgehead atoms. The summed E-state index contributed by atoms with van der Waals surface area (Å²) in [5.74, 6) is 0.145. The predicted molar refractivity (Wildman–Crippen MR) is 82.0 cm³/mol. The van der Waals surface area contributed by atoms with Gasteiger partial charge in [0.2, 0.25) is 0 Å². The summed E-state index contributed by atoms with van der Waals surface area (Å²) >= 11 is 0. The zero-order valence-corrected chi connectivity index (χ0v) is 12.9. The second-order valence-corrected chi connectivity index (χ2v) is 5.52. The van der Waals surface area contributed by atoms with Crippen LogP contribution in [0.15, 0.2) is 30.3 Å². The Morgan fingerprint density at radius 3 is 2.29 bits per heavy atom. The second-order valence-electron chi connectivity index (χ2n) is 5.52. The first-order valence-electron chi connectivity index (χ1n) is 7.05. The van der Waals surface area contributed by atoms with Crippen molar-refractivity contribution in [1.82, 2.24) is 0 Å². The van der Waals surface area contributed by atoms with E-state index in [1.54, 1.807) is 13.0 Å². The Kier molecular flexibility index (Phi) is 4.63. The van der Waals surface area contributed by atoms with Crippen molar-refractivity contribution >= 4 is 0 Å². The molecule has 0 aliphatic heterocycles. The van der Waals surface area contributed by atoms with Gasteiger partial charge in [-0.2, -0.15) is 0 Å². The lowest BCUT2D eigenvalue weighted by molar-refractivity contribution is 0.189. The highest BCUT2D eigenvalue weighted by molar-refractivity contribution is 5.39. The largest absolute Gasteiger partial charge is 0.488 e. The molecule has 112 valence electrons. The highest BCUT2D eigenvalue weighted by Crippen LogP contribution is 2.27. The van der Waals surface area contributed by atoms with Gasteiger partial charge in [0.1, 0.15) is 18.2 Å². The number of rotatable bonds is 4. The van der Waals surface area contributed by atoms with Crippen molar-refractivity contribution in [3.63, 3.8) is 0 Å². The van der Waals surface area contributed by atoms with Crippen molar-refractivity contribution in [2.45, 2.75) is 40.4 Å². The lowest BCUT2D eigenvalue weighted by Gasteiger charge is -2.16. The van der Waals surface area contributed by atoms with Crippen LogP contribution in [0.5, 0.6) is 5.75 Å². The van der Waals surface area contributed by atoms with E-state index >= 15 is 0 Å². The highest BCUT2D eigenvalue weighted by Gasteiger charge is 2.12. The Morgan fingerprint density at radius 2 is 1.71 bits per heavy atom. The van der Waals surface area contributed by atoms with Gasteiger partial charge in [0.25, 0.3) is 0 Å². The molecule has 1 atom stereocenters. The number of aryl methyl sites for hydroxylation is 3. The summed E-state index contributed by atoms with van der Waals surface area (Å²) in [7, 11) is 0. The summed E-state index contributed by atoms with van der Waals surface area (Å²) in [5, 5.41) is 9.73. The van der Waals surface area contributed by atoms with Crippen LogP contribution in [0.2, 0.25) is 0 Å². The van der Waals surface area contributed by atoms with Gasteiger partial charge in [-0.3, -0.25) is 0 Å². The van der Waals surface area contributed by atoms with Crippen LogP contribution in [0, 0.1) is 26.6 Å². The molecule has 0 heterocycles. The molecule has 3 heteroatoms. The fourth-order valence-electron chi connectivity index (χ4n) is 2.56. The fourth-order valence-corrected chi connectivity index (χ4v) is 2.56. The van der Waals surface area contributed by atoms with Gasteiger partial charge in [-0.25, -0.2) is 4.39 Å². The molecular formula is C18H21FO2. The molecule has 0 aliphatic rings. The molecule has 0 amide bonds. The molecule has 0 aromatic heterocycles. The average molecular weight is 288 g/mol. The van der Waals surface area contributed by atoms with Gasteiger partial charge in [0, 0.05) is 5.56 Å². The molecule has 21 heavy (non-hydrogen) atoms. The third-order valence-electron chi connectivity index (χ3n) is 3.63. The van der Waals surface area contributed by atoms with Crippen molar-refractivity contribution in [2.75, 3.05) is 0 Å². The van der Waals surface area contributed by atoms with Crippen molar-refractivity contribution in [2.24, 2.45) is 0 Å². The molecule has 0 radical (unpaired) electrons. The van der Waals surface area contributed by atoms with E-state index in [1.807, 2.05) is 0 Å². The molecular weight excluding hydrogens is 267 g/mol. The Balaban J connectivity index is 2.25. The predicted octanol–water partition coefficient (Wildman–Crippen LogP) is 4.38. The van der Waals surface area contributed by atoms with E-state index in [1.165, 1.54) is 28.8 Å². The van der Waals surface area contributed by atoms with Crippen LogP contribution in [-0.2, 0) is 6.61 Å². The molecule has 0 spiro atoms. The number of ether oxygens (including phenoxy) is 1. The zero-order valence-electron chi connectivity index (χ0n) is 12.9. The molecule has 2 nitrogen and oxygen atoms in total. The quantitative estimate of drug-likeness (QED) is 0.904. The van der Waals surface area contributed by atoms with Gasteiger partial charge in [-0.15, -0.1) is 0 Å². The SMILES string of the molecule is Cc1cc(C)c(COc2ccc(F)cc2C(C)O)c(C)c1. The van der Waals surface area contributed by atoms with Crippen molar-refractivity contribution in [1.29, 1.82) is 0 Å². The summed E-state index contributed by atoms with van der Waals surface area (Å²) in [6.45, 7) is 8.18. The van der Waals surface area contributed by atoms with Crippen molar-refractivity contribution in [3.8, 4) is 5.75 Å². The first kappa shape index (κ1) is 15.5. The lowest BCUT2D eigenvalue weighted by Crippen LogP contribution is -2.04. The monoisotopic (exact) mass is 288 g/mol. The number of halogens is 1. The van der Waals surface area contributed by atoms with Gasteiger partial charge in [-0.1, -0.05) is 17.7 Å². The maximum atomic E-state index is 13.3. The average Bonchev–Trinajstić information content (AvgIpc) is 2.38. The van der Waals surface area contributed by atoms with E-state index in [4.69, 9.17) is 4.74 Å². The summed E-state index contributed by atoms with van der Waals surface area (Å²) in [4.78, 5) is 0. The molecule has 1 unspecified atom stereocenters. The first-order chi connectivity index (χ1) is 9.88. The lowest BCUT2D eigenvalue weighted by atomic mass is 10.0. The van der Waals surface area contributed by atoms with E-state index in [2.05, 4.69) is 32.9 Å². The summed E-state index contributed by atoms with van der Waals surface area (Å²) in [5.41, 5.74) is 5.17. The van der Waals surface area contributed by atoms with Crippen LogP contribution in [0.1, 0.15) is 40.8 Å². The van der Waals surface area contributed by atoms with E-state index < -0.39 is 6.10 Å². The number of hydrogen-bond acceptors (Lipinski definition) is 2. The third-order valence-corrected chi connectivity index (χ3v) is 3.63. The topological polar surface area (TPSA) is 29.5 Å². The summed E-state index contributed by atoms with van der Waals surface area (Å²) in [6.07, 6.45) is -0.768. The van der Waals surface area contributed by atoms with Crippen LogP contribution in [0.3, 0.4) is 0 Å². The third kappa shape index (κ3) is 3.61. The molecule has 2 rings (SSSR count). The normalized spacial score (nSPS) is 12.3. The van der Waals surface area contributed by atoms with Gasteiger partial charge in [-0.05, 0) is 62.6 Å². The molecule has 2 aromatic carbocycles. The zero-order chi connectivity index (χ0) is 15.6.